The number of carbonyl (C=O) groups is 1. The van der Waals surface area contributed by atoms with Crippen LogP contribution in [-0.2, 0) is 24.8 Å². The van der Waals surface area contributed by atoms with Crippen LogP contribution >= 0.6 is 15.9 Å². The van der Waals surface area contributed by atoms with Gasteiger partial charge in [-0.05, 0) is 90.3 Å². The maximum Gasteiger partial charge on any atom is 0.264 e. The predicted octanol–water partition coefficient (Wildman–Crippen LogP) is 4.77. The number of piperidine rings is 1. The van der Waals surface area contributed by atoms with E-state index in [4.69, 9.17) is 4.74 Å². The molecule has 1 heterocycles. The molecule has 1 amide bonds. The highest BCUT2D eigenvalue weighted by Gasteiger charge is 2.29. The summed E-state index contributed by atoms with van der Waals surface area (Å²) in [7, 11) is -6.26. The molecule has 0 spiro atoms. The molecule has 0 aliphatic carbocycles. The normalized spacial score (nSPS) is 14.5. The Morgan fingerprint density at radius 2 is 1.54 bits per heavy atom. The standard InChI is InChI=1S/C27H30BrN3O6S2/c1-20-6-10-22(11-7-20)31(39(35,36)24-14-15-26(37-2)25(28)18-24)19-27(32)29-21-8-12-23(13-9-21)38(33,34)30-16-4-3-5-17-30/h6-15,18H,3-5,16-17,19H2,1-2H3,(H,29,32). The van der Waals surface area contributed by atoms with Gasteiger partial charge in [-0.2, -0.15) is 4.31 Å². The number of halogens is 1. The van der Waals surface area contributed by atoms with Crippen molar-refractivity contribution in [3.63, 3.8) is 0 Å². The predicted molar refractivity (Wildman–Crippen MR) is 154 cm³/mol. The lowest BCUT2D eigenvalue weighted by Gasteiger charge is -2.26. The Bertz CT molecular complexity index is 1540. The van der Waals surface area contributed by atoms with E-state index < -0.39 is 32.5 Å². The number of amides is 1. The fourth-order valence-electron chi connectivity index (χ4n) is 4.26. The quantitative estimate of drug-likeness (QED) is 0.362. The number of carbonyl (C=O) groups excluding carboxylic acids is 1. The summed E-state index contributed by atoms with van der Waals surface area (Å²) in [5.41, 5.74) is 1.61. The molecule has 1 saturated heterocycles. The maximum atomic E-state index is 13.7. The van der Waals surface area contributed by atoms with Crippen molar-refractivity contribution < 1.29 is 26.4 Å². The molecule has 4 rings (SSSR count). The molecule has 1 aliphatic heterocycles. The number of methoxy groups -OCH3 is 1. The van der Waals surface area contributed by atoms with Crippen molar-refractivity contribution in [2.45, 2.75) is 36.0 Å². The molecule has 0 aromatic heterocycles. The average Bonchev–Trinajstić information content (AvgIpc) is 2.93. The van der Waals surface area contributed by atoms with E-state index in [0.717, 1.165) is 29.1 Å². The van der Waals surface area contributed by atoms with Gasteiger partial charge in [-0.15, -0.1) is 0 Å². The van der Waals surface area contributed by atoms with Gasteiger partial charge in [0.15, 0.2) is 0 Å². The Morgan fingerprint density at radius 1 is 0.923 bits per heavy atom. The van der Waals surface area contributed by atoms with E-state index in [1.807, 2.05) is 6.92 Å². The van der Waals surface area contributed by atoms with Crippen molar-refractivity contribution in [3.05, 3.63) is 76.8 Å². The molecule has 9 nitrogen and oxygen atoms in total. The number of nitrogens with zero attached hydrogens (tertiary/aromatic N) is 2. The SMILES string of the molecule is COc1ccc(S(=O)(=O)N(CC(=O)Nc2ccc(S(=O)(=O)N3CCCCC3)cc2)c2ccc(C)cc2)cc1Br. The van der Waals surface area contributed by atoms with Gasteiger partial charge in [-0.25, -0.2) is 16.8 Å². The largest absolute Gasteiger partial charge is 0.496 e. The fourth-order valence-corrected chi connectivity index (χ4v) is 7.91. The van der Waals surface area contributed by atoms with Crippen molar-refractivity contribution in [1.29, 1.82) is 0 Å². The molecule has 3 aromatic rings. The number of aryl methyl sites for hydroxylation is 1. The monoisotopic (exact) mass is 635 g/mol. The number of sulfonamides is 2. The number of hydrogen-bond donors (Lipinski definition) is 1. The van der Waals surface area contributed by atoms with Crippen LogP contribution in [0, 0.1) is 6.92 Å². The lowest BCUT2D eigenvalue weighted by Crippen LogP contribution is -2.38. The highest BCUT2D eigenvalue weighted by Crippen LogP contribution is 2.31. The van der Waals surface area contributed by atoms with E-state index >= 15 is 0 Å². The molecular formula is C27H30BrN3O6S2. The molecular weight excluding hydrogens is 606 g/mol. The second-order valence-corrected chi connectivity index (χ2v) is 13.8. The first-order chi connectivity index (χ1) is 18.5. The van der Waals surface area contributed by atoms with E-state index in [0.29, 0.717) is 34.7 Å². The number of nitrogens with one attached hydrogen (secondary N) is 1. The second-order valence-electron chi connectivity index (χ2n) is 9.18. The third-order valence-corrected chi connectivity index (χ3v) is 10.7. The zero-order valence-corrected chi connectivity index (χ0v) is 24.9. The van der Waals surface area contributed by atoms with Crippen LogP contribution in [-0.4, -0.2) is 53.8 Å². The Labute approximate surface area is 238 Å². The van der Waals surface area contributed by atoms with E-state index in [1.165, 1.54) is 53.9 Å². The van der Waals surface area contributed by atoms with Crippen molar-refractivity contribution >= 4 is 53.3 Å². The minimum absolute atomic E-state index is 0.0178. The summed E-state index contributed by atoms with van der Waals surface area (Å²) in [6.45, 7) is 2.37. The average molecular weight is 637 g/mol. The molecule has 1 N–H and O–H groups in total. The fraction of sp³-hybridized carbons (Fsp3) is 0.296. The lowest BCUT2D eigenvalue weighted by molar-refractivity contribution is -0.114. The minimum Gasteiger partial charge on any atom is -0.496 e. The summed E-state index contributed by atoms with van der Waals surface area (Å²) < 4.78 is 61.3. The van der Waals surface area contributed by atoms with Gasteiger partial charge in [0, 0.05) is 18.8 Å². The Kier molecular flexibility index (Phi) is 9.00. The first-order valence-electron chi connectivity index (χ1n) is 12.4. The van der Waals surface area contributed by atoms with E-state index in [2.05, 4.69) is 21.2 Å². The Balaban J connectivity index is 1.56. The summed E-state index contributed by atoms with van der Waals surface area (Å²) in [5.74, 6) is -0.113. The molecule has 0 saturated carbocycles. The van der Waals surface area contributed by atoms with E-state index in [9.17, 15) is 21.6 Å². The summed E-state index contributed by atoms with van der Waals surface area (Å²) in [5, 5.41) is 2.68. The Morgan fingerprint density at radius 3 is 2.13 bits per heavy atom. The zero-order valence-electron chi connectivity index (χ0n) is 21.6. The highest BCUT2D eigenvalue weighted by atomic mass is 79.9. The molecule has 0 radical (unpaired) electrons. The molecule has 1 fully saturated rings. The molecule has 0 bridgehead atoms. The first kappa shape index (κ1) is 29.1. The number of anilines is 2. The first-order valence-corrected chi connectivity index (χ1v) is 16.0. The topological polar surface area (TPSA) is 113 Å². The van der Waals surface area contributed by atoms with Crippen molar-refractivity contribution in [2.24, 2.45) is 0 Å². The van der Waals surface area contributed by atoms with Gasteiger partial charge < -0.3 is 10.1 Å². The molecule has 0 atom stereocenters. The van der Waals surface area contributed by atoms with Gasteiger partial charge in [-0.1, -0.05) is 24.1 Å². The molecule has 39 heavy (non-hydrogen) atoms. The maximum absolute atomic E-state index is 13.7. The minimum atomic E-state index is -4.14. The van der Waals surface area contributed by atoms with Gasteiger partial charge in [0.05, 0.1) is 27.1 Å². The lowest BCUT2D eigenvalue weighted by atomic mass is 10.2. The van der Waals surface area contributed by atoms with Crippen LogP contribution in [0.4, 0.5) is 11.4 Å². The van der Waals surface area contributed by atoms with Crippen LogP contribution in [0.5, 0.6) is 5.75 Å². The summed E-state index contributed by atoms with van der Waals surface area (Å²) in [4.78, 5) is 13.2. The van der Waals surface area contributed by atoms with Crippen LogP contribution < -0.4 is 14.4 Å². The van der Waals surface area contributed by atoms with Gasteiger partial charge in [0.1, 0.15) is 12.3 Å². The molecule has 3 aromatic carbocycles. The smallest absolute Gasteiger partial charge is 0.264 e. The second kappa shape index (κ2) is 12.1. The third-order valence-electron chi connectivity index (χ3n) is 6.41. The number of benzene rings is 3. The molecule has 1 aliphatic rings. The third kappa shape index (κ3) is 6.63. The van der Waals surface area contributed by atoms with Gasteiger partial charge in [-0.3, -0.25) is 9.10 Å². The van der Waals surface area contributed by atoms with Crippen LogP contribution in [0.25, 0.3) is 0 Å². The van der Waals surface area contributed by atoms with Crippen LogP contribution in [0.15, 0.2) is 81.0 Å². The summed E-state index contributed by atoms with van der Waals surface area (Å²) >= 11 is 3.32. The van der Waals surface area contributed by atoms with Crippen LogP contribution in [0.2, 0.25) is 0 Å². The summed E-state index contributed by atoms with van der Waals surface area (Å²) in [6, 6.07) is 17.1. The summed E-state index contributed by atoms with van der Waals surface area (Å²) in [6.07, 6.45) is 2.69. The molecule has 208 valence electrons. The van der Waals surface area contributed by atoms with Crippen molar-refractivity contribution in [2.75, 3.05) is 36.4 Å². The molecule has 12 heteroatoms. The number of ether oxygens (including phenoxy) is 1. The van der Waals surface area contributed by atoms with E-state index in [-0.39, 0.29) is 9.79 Å². The molecule has 0 unspecified atom stereocenters. The van der Waals surface area contributed by atoms with Crippen molar-refractivity contribution in [3.8, 4) is 5.75 Å². The highest BCUT2D eigenvalue weighted by molar-refractivity contribution is 9.10. The van der Waals surface area contributed by atoms with Crippen LogP contribution in [0.3, 0.4) is 0 Å². The number of rotatable bonds is 9. The van der Waals surface area contributed by atoms with E-state index in [1.54, 1.807) is 24.3 Å². The zero-order chi connectivity index (χ0) is 28.2. The van der Waals surface area contributed by atoms with Gasteiger partial charge >= 0.3 is 0 Å². The van der Waals surface area contributed by atoms with Crippen molar-refractivity contribution in [1.82, 2.24) is 4.31 Å². The van der Waals surface area contributed by atoms with Gasteiger partial charge in [0.2, 0.25) is 15.9 Å². The number of hydrogen-bond acceptors (Lipinski definition) is 6. The Hall–Kier alpha value is -2.93. The van der Waals surface area contributed by atoms with Gasteiger partial charge in [0.25, 0.3) is 10.0 Å². The van der Waals surface area contributed by atoms with Crippen LogP contribution in [0.1, 0.15) is 24.8 Å².